The molecule has 0 saturated carbocycles. The Hall–Kier alpha value is -5.18. The van der Waals surface area contributed by atoms with E-state index in [9.17, 15) is 0 Å². The van der Waals surface area contributed by atoms with Crippen LogP contribution in [0.1, 0.15) is 134 Å². The van der Waals surface area contributed by atoms with Gasteiger partial charge in [-0.1, -0.05) is 145 Å². The molecule has 5 heteroatoms. The Kier molecular flexibility index (Phi) is 10.1. The fourth-order valence-corrected chi connectivity index (χ4v) is 7.90. The third kappa shape index (κ3) is 8.64. The van der Waals surface area contributed by atoms with Gasteiger partial charge in [0.25, 0.3) is 0 Å². The summed E-state index contributed by atoms with van der Waals surface area (Å²) in [6.45, 7) is 34.4. The van der Waals surface area contributed by atoms with Gasteiger partial charge < -0.3 is 9.97 Å². The van der Waals surface area contributed by atoms with Crippen molar-refractivity contribution in [2.45, 2.75) is 124 Å². The first-order valence-corrected chi connectivity index (χ1v) is 24.3. The molecule has 58 heavy (non-hydrogen) atoms. The molecule has 4 nitrogen and oxygen atoms in total. The molecule has 2 N–H and O–H groups in total. The first-order chi connectivity index (χ1) is 26.8. The Balaban J connectivity index is 1.69. The van der Waals surface area contributed by atoms with E-state index < -0.39 is 8.07 Å². The maximum absolute atomic E-state index is 5.61. The van der Waals surface area contributed by atoms with Crippen molar-refractivity contribution in [1.29, 1.82) is 0 Å². The van der Waals surface area contributed by atoms with Gasteiger partial charge in [-0.15, -0.1) is 5.54 Å². The maximum atomic E-state index is 5.61. The lowest BCUT2D eigenvalue weighted by Crippen LogP contribution is -2.16. The molecule has 5 aromatic rings. The van der Waals surface area contributed by atoms with Crippen LogP contribution in [0.2, 0.25) is 19.6 Å². The predicted molar refractivity (Wildman–Crippen MR) is 255 cm³/mol. The molecule has 0 amide bonds. The van der Waals surface area contributed by atoms with Gasteiger partial charge in [0.15, 0.2) is 0 Å². The van der Waals surface area contributed by atoms with Gasteiger partial charge in [-0.3, -0.25) is 0 Å². The van der Waals surface area contributed by atoms with E-state index in [4.69, 9.17) is 9.97 Å². The second-order valence-corrected chi connectivity index (χ2v) is 26.2. The van der Waals surface area contributed by atoms with E-state index in [0.29, 0.717) is 0 Å². The van der Waals surface area contributed by atoms with Crippen LogP contribution in [0.5, 0.6) is 0 Å². The van der Waals surface area contributed by atoms with Crippen LogP contribution in [0.4, 0.5) is 0 Å². The highest BCUT2D eigenvalue weighted by Gasteiger charge is 2.26. The van der Waals surface area contributed by atoms with E-state index in [1.165, 1.54) is 22.3 Å². The Morgan fingerprint density at radius 3 is 1.28 bits per heavy atom. The molecule has 2 aliphatic heterocycles. The van der Waals surface area contributed by atoms with Crippen LogP contribution in [-0.4, -0.2) is 28.0 Å². The summed E-state index contributed by atoms with van der Waals surface area (Å²) in [5.74, 6) is 3.61. The summed E-state index contributed by atoms with van der Waals surface area (Å²) in [5.41, 5.74) is 21.4. The molecule has 8 bridgehead atoms. The highest BCUT2D eigenvalue weighted by atomic mass is 28.3. The zero-order chi connectivity index (χ0) is 42.2. The average Bonchev–Trinajstić information content (AvgIpc) is 3.93. The Labute approximate surface area is 348 Å². The topological polar surface area (TPSA) is 57.4 Å². The lowest BCUT2D eigenvalue weighted by Gasteiger charge is -2.26. The molecule has 298 valence electrons. The van der Waals surface area contributed by atoms with Gasteiger partial charge in [0.1, 0.15) is 8.07 Å². The molecule has 0 atom stereocenters. The fraction of sp³-hybridized carbons (Fsp3) is 0.358. The summed E-state index contributed by atoms with van der Waals surface area (Å²) in [7, 11) is -1.71. The molecule has 0 radical (unpaired) electrons. The molecule has 3 aromatic heterocycles. The zero-order valence-corrected chi connectivity index (χ0v) is 38.6. The van der Waals surface area contributed by atoms with E-state index >= 15 is 0 Å². The maximum Gasteiger partial charge on any atom is 0.129 e. The number of benzene rings is 2. The van der Waals surface area contributed by atoms with Gasteiger partial charge in [-0.2, -0.15) is 0 Å². The summed E-state index contributed by atoms with van der Waals surface area (Å²) in [5, 5.41) is 0. The van der Waals surface area contributed by atoms with Gasteiger partial charge >= 0.3 is 0 Å². The number of aromatic nitrogens is 4. The Bertz CT molecular complexity index is 2670. The minimum absolute atomic E-state index is 0.0419. The normalized spacial score (nSPS) is 13.5. The molecule has 0 saturated heterocycles. The first kappa shape index (κ1) is 41.0. The average molecular weight is 783 g/mol. The summed E-state index contributed by atoms with van der Waals surface area (Å²) >= 11 is 0. The van der Waals surface area contributed by atoms with E-state index in [2.05, 4.69) is 215 Å². The largest absolute Gasteiger partial charge is 0.355 e. The number of H-pyrrole nitrogens is 2. The van der Waals surface area contributed by atoms with Crippen LogP contribution >= 0.6 is 0 Å². The van der Waals surface area contributed by atoms with Gasteiger partial charge in [0, 0.05) is 27.7 Å². The SMILES string of the molecule is CC(C)(C)c1cc(-c2c3nc(c(C#C[Si](C)(C)C)c4ccc(cc5ccc([nH]5)c(-c5cc(C(C)(C)C)cc(C(C)(C)C)c5)c5nc2C=C5)[nH]4)C=C3)cc(C(C)(C)C)c1. The van der Waals surface area contributed by atoms with Crippen molar-refractivity contribution in [2.24, 2.45) is 0 Å². The summed E-state index contributed by atoms with van der Waals surface area (Å²) in [6.07, 6.45) is 8.68. The van der Waals surface area contributed by atoms with E-state index in [-0.39, 0.29) is 21.7 Å². The zero-order valence-electron chi connectivity index (χ0n) is 37.6. The van der Waals surface area contributed by atoms with Crippen LogP contribution in [0.3, 0.4) is 0 Å². The van der Waals surface area contributed by atoms with Crippen molar-refractivity contribution >= 4 is 54.4 Å². The molecule has 0 fully saturated rings. The van der Waals surface area contributed by atoms with Crippen LogP contribution in [0.15, 0.2) is 66.7 Å². The van der Waals surface area contributed by atoms with Crippen molar-refractivity contribution in [2.75, 3.05) is 0 Å². The number of hydrogen-bond donors (Lipinski definition) is 2. The molecule has 5 heterocycles. The van der Waals surface area contributed by atoms with Gasteiger partial charge in [-0.05, 0) is 110 Å². The Morgan fingerprint density at radius 1 is 0.448 bits per heavy atom. The molecule has 0 spiro atoms. The number of nitrogens with one attached hydrogen (secondary N) is 2. The molecular formula is C53H62N4Si. The monoisotopic (exact) mass is 782 g/mol. The molecular weight excluding hydrogens is 721 g/mol. The van der Waals surface area contributed by atoms with Gasteiger partial charge in [-0.25, -0.2) is 9.97 Å². The number of fused-ring (bicyclic) bond motifs is 8. The quantitative estimate of drug-likeness (QED) is 0.136. The lowest BCUT2D eigenvalue weighted by molar-refractivity contribution is 0.568. The van der Waals surface area contributed by atoms with E-state index in [1.807, 2.05) is 0 Å². The van der Waals surface area contributed by atoms with E-state index in [0.717, 1.165) is 72.7 Å². The number of rotatable bonds is 2. The Morgan fingerprint density at radius 2 is 0.828 bits per heavy atom. The minimum Gasteiger partial charge on any atom is -0.355 e. The van der Waals surface area contributed by atoms with Crippen LogP contribution in [0, 0.1) is 11.5 Å². The predicted octanol–water partition coefficient (Wildman–Crippen LogP) is 14.4. The molecule has 7 rings (SSSR count). The van der Waals surface area contributed by atoms with Gasteiger partial charge in [0.2, 0.25) is 0 Å². The van der Waals surface area contributed by atoms with Crippen molar-refractivity contribution < 1.29 is 0 Å². The number of hydrogen-bond acceptors (Lipinski definition) is 2. The summed E-state index contributed by atoms with van der Waals surface area (Å²) in [4.78, 5) is 18.6. The first-order valence-electron chi connectivity index (χ1n) is 20.8. The number of nitrogens with zero attached hydrogens (tertiary/aromatic N) is 2. The van der Waals surface area contributed by atoms with Crippen LogP contribution in [0.25, 0.3) is 68.6 Å². The summed E-state index contributed by atoms with van der Waals surface area (Å²) in [6, 6.07) is 25.0. The second-order valence-electron chi connectivity index (χ2n) is 21.5. The fourth-order valence-electron chi connectivity index (χ4n) is 7.40. The highest BCUT2D eigenvalue weighted by Crippen LogP contribution is 2.41. The molecule has 0 aliphatic carbocycles. The molecule has 0 unspecified atom stereocenters. The molecule has 2 aliphatic rings. The van der Waals surface area contributed by atoms with Crippen molar-refractivity contribution in [3.8, 4) is 33.7 Å². The minimum atomic E-state index is -1.71. The van der Waals surface area contributed by atoms with Crippen molar-refractivity contribution in [3.63, 3.8) is 0 Å². The lowest BCUT2D eigenvalue weighted by atomic mass is 9.78. The smallest absolute Gasteiger partial charge is 0.129 e. The van der Waals surface area contributed by atoms with E-state index in [1.54, 1.807) is 0 Å². The number of aromatic amines is 2. The standard InChI is InChI=1S/C53H62N4Si/c1-50(2,3)35-26-33(27-36(30-35)51(4,5)6)48-44-19-17-40(55-44)32-39-16-18-42(54-39)41(24-25-58(13,14)15)43-20-21-45(56-43)49(47-23-22-46(48)57-47)34-28-37(52(7,8)9)31-38(29-34)53(10,11)12/h16-23,26-32,54-55H,1-15H3. The van der Waals surface area contributed by atoms with Crippen LogP contribution < -0.4 is 0 Å². The third-order valence-corrected chi connectivity index (χ3v) is 11.9. The third-order valence-electron chi connectivity index (χ3n) is 11.0. The second kappa shape index (κ2) is 14.3. The van der Waals surface area contributed by atoms with Gasteiger partial charge in [0.05, 0.1) is 33.9 Å². The van der Waals surface area contributed by atoms with Crippen molar-refractivity contribution in [1.82, 2.24) is 19.9 Å². The van der Waals surface area contributed by atoms with Crippen molar-refractivity contribution in [3.05, 3.63) is 117 Å². The summed E-state index contributed by atoms with van der Waals surface area (Å²) < 4.78 is 0. The van der Waals surface area contributed by atoms with Crippen LogP contribution in [-0.2, 0) is 21.7 Å². The highest BCUT2D eigenvalue weighted by molar-refractivity contribution is 6.83. The molecule has 2 aromatic carbocycles.